The number of halogens is 1. The second-order valence-electron chi connectivity index (χ2n) is 3.36. The third-order valence-corrected chi connectivity index (χ3v) is 2.59. The molecule has 2 rings (SSSR count). The predicted molar refractivity (Wildman–Crippen MR) is 65.4 cm³/mol. The number of hydrogen-bond acceptors (Lipinski definition) is 2. The molecule has 0 saturated heterocycles. The van der Waals surface area contributed by atoms with Crippen LogP contribution >= 0.6 is 15.9 Å². The van der Waals surface area contributed by atoms with Gasteiger partial charge in [-0.15, -0.1) is 0 Å². The first-order valence-electron chi connectivity index (χ1n) is 4.73. The maximum Gasteiger partial charge on any atom is 0.274 e. The SMILES string of the molecule is Cc1cccnc1C(=O)Nc1c[nH]c(Br)c1. The van der Waals surface area contributed by atoms with E-state index in [0.717, 1.165) is 10.2 Å². The Balaban J connectivity index is 2.18. The summed E-state index contributed by atoms with van der Waals surface area (Å²) in [6.07, 6.45) is 3.31. The lowest BCUT2D eigenvalue weighted by molar-refractivity contribution is 0.102. The van der Waals surface area contributed by atoms with Crippen LogP contribution in [0.3, 0.4) is 0 Å². The maximum atomic E-state index is 11.8. The van der Waals surface area contributed by atoms with Crippen LogP contribution in [0, 0.1) is 6.92 Å². The summed E-state index contributed by atoms with van der Waals surface area (Å²) in [5.74, 6) is -0.204. The molecule has 0 aromatic carbocycles. The van der Waals surface area contributed by atoms with Gasteiger partial charge >= 0.3 is 0 Å². The zero-order valence-corrected chi connectivity index (χ0v) is 10.2. The Bertz CT molecular complexity index is 521. The maximum absolute atomic E-state index is 11.8. The van der Waals surface area contributed by atoms with E-state index in [9.17, 15) is 4.79 Å². The quantitative estimate of drug-likeness (QED) is 0.888. The van der Waals surface area contributed by atoms with E-state index in [-0.39, 0.29) is 5.91 Å². The minimum absolute atomic E-state index is 0.204. The van der Waals surface area contributed by atoms with E-state index in [2.05, 4.69) is 31.2 Å². The molecule has 1 amide bonds. The first-order valence-corrected chi connectivity index (χ1v) is 5.53. The monoisotopic (exact) mass is 279 g/mol. The van der Waals surface area contributed by atoms with Crippen molar-refractivity contribution in [3.63, 3.8) is 0 Å². The summed E-state index contributed by atoms with van der Waals surface area (Å²) < 4.78 is 0.820. The van der Waals surface area contributed by atoms with Crippen LogP contribution in [0.25, 0.3) is 0 Å². The van der Waals surface area contributed by atoms with Crippen molar-refractivity contribution in [2.75, 3.05) is 5.32 Å². The highest BCUT2D eigenvalue weighted by atomic mass is 79.9. The van der Waals surface area contributed by atoms with Crippen LogP contribution in [-0.4, -0.2) is 15.9 Å². The van der Waals surface area contributed by atoms with Gasteiger partial charge in [-0.3, -0.25) is 9.78 Å². The summed E-state index contributed by atoms with van der Waals surface area (Å²) in [7, 11) is 0. The number of aromatic nitrogens is 2. The predicted octanol–water partition coefficient (Wildman–Crippen LogP) is 2.73. The summed E-state index contributed by atoms with van der Waals surface area (Å²) >= 11 is 3.27. The molecule has 2 aromatic rings. The number of hydrogen-bond donors (Lipinski definition) is 2. The molecule has 0 bridgehead atoms. The molecule has 82 valence electrons. The topological polar surface area (TPSA) is 57.8 Å². The number of nitrogens with zero attached hydrogens (tertiary/aromatic N) is 1. The van der Waals surface area contributed by atoms with Gasteiger partial charge in [0.05, 0.1) is 10.3 Å². The van der Waals surface area contributed by atoms with Crippen molar-refractivity contribution < 1.29 is 4.79 Å². The molecule has 4 nitrogen and oxygen atoms in total. The highest BCUT2D eigenvalue weighted by Crippen LogP contribution is 2.15. The van der Waals surface area contributed by atoms with Gasteiger partial charge in [-0.1, -0.05) is 6.07 Å². The number of amides is 1. The number of carbonyl (C=O) groups excluding carboxylic acids is 1. The van der Waals surface area contributed by atoms with Crippen molar-refractivity contribution in [3.8, 4) is 0 Å². The molecule has 16 heavy (non-hydrogen) atoms. The Kier molecular flexibility index (Phi) is 3.05. The van der Waals surface area contributed by atoms with Crippen molar-refractivity contribution in [2.45, 2.75) is 6.92 Å². The second-order valence-corrected chi connectivity index (χ2v) is 4.21. The van der Waals surface area contributed by atoms with Gasteiger partial charge in [0.25, 0.3) is 5.91 Å². The average Bonchev–Trinajstić information content (AvgIpc) is 2.64. The zero-order valence-electron chi connectivity index (χ0n) is 8.62. The molecule has 0 unspecified atom stereocenters. The van der Waals surface area contributed by atoms with E-state index in [1.807, 2.05) is 13.0 Å². The van der Waals surface area contributed by atoms with Crippen molar-refractivity contribution in [3.05, 3.63) is 46.5 Å². The second kappa shape index (κ2) is 4.49. The summed E-state index contributed by atoms with van der Waals surface area (Å²) in [6, 6.07) is 5.45. The number of nitrogens with one attached hydrogen (secondary N) is 2. The van der Waals surface area contributed by atoms with Crippen LogP contribution in [0.1, 0.15) is 16.1 Å². The largest absolute Gasteiger partial charge is 0.354 e. The molecule has 0 fully saturated rings. The van der Waals surface area contributed by atoms with Crippen LogP contribution in [0.15, 0.2) is 35.2 Å². The minimum atomic E-state index is -0.204. The fraction of sp³-hybridized carbons (Fsp3) is 0.0909. The lowest BCUT2D eigenvalue weighted by Crippen LogP contribution is -2.14. The molecule has 2 N–H and O–H groups in total. The Morgan fingerprint density at radius 3 is 3.00 bits per heavy atom. The average molecular weight is 280 g/mol. The molecule has 0 aliphatic carbocycles. The number of pyridine rings is 1. The van der Waals surface area contributed by atoms with Gasteiger partial charge in [0.1, 0.15) is 5.69 Å². The molecule has 0 atom stereocenters. The molecule has 0 saturated carbocycles. The molecule has 0 aliphatic heterocycles. The molecular formula is C11H10BrN3O. The standard InChI is InChI=1S/C11H10BrN3O/c1-7-3-2-4-13-10(7)11(16)15-8-5-9(12)14-6-8/h2-6,14H,1H3,(H,15,16). The van der Waals surface area contributed by atoms with Crippen LogP contribution < -0.4 is 5.32 Å². The van der Waals surface area contributed by atoms with E-state index in [1.165, 1.54) is 0 Å². The van der Waals surface area contributed by atoms with Crippen molar-refractivity contribution in [1.29, 1.82) is 0 Å². The lowest BCUT2D eigenvalue weighted by Gasteiger charge is -2.03. The van der Waals surface area contributed by atoms with Crippen LogP contribution in [0.4, 0.5) is 5.69 Å². The Morgan fingerprint density at radius 1 is 1.56 bits per heavy atom. The fourth-order valence-electron chi connectivity index (χ4n) is 1.35. The lowest BCUT2D eigenvalue weighted by atomic mass is 10.2. The van der Waals surface area contributed by atoms with Gasteiger partial charge in [0.15, 0.2) is 0 Å². The number of rotatable bonds is 2. The molecule has 0 spiro atoms. The molecule has 0 aliphatic rings. The highest BCUT2D eigenvalue weighted by Gasteiger charge is 2.10. The van der Waals surface area contributed by atoms with Gasteiger partial charge in [0, 0.05) is 12.4 Å². The van der Waals surface area contributed by atoms with Crippen LogP contribution in [-0.2, 0) is 0 Å². The first kappa shape index (κ1) is 10.9. The van der Waals surface area contributed by atoms with Gasteiger partial charge in [0.2, 0.25) is 0 Å². The Morgan fingerprint density at radius 2 is 2.38 bits per heavy atom. The van der Waals surface area contributed by atoms with Crippen molar-refractivity contribution in [2.24, 2.45) is 0 Å². The van der Waals surface area contributed by atoms with E-state index >= 15 is 0 Å². The normalized spacial score (nSPS) is 10.1. The molecule has 2 heterocycles. The molecule has 0 radical (unpaired) electrons. The molecular weight excluding hydrogens is 270 g/mol. The number of carbonyl (C=O) groups is 1. The fourth-order valence-corrected chi connectivity index (χ4v) is 1.71. The number of aromatic amines is 1. The Labute approximate surface area is 101 Å². The van der Waals surface area contributed by atoms with Gasteiger partial charge in [-0.05, 0) is 40.5 Å². The molecule has 2 aromatic heterocycles. The van der Waals surface area contributed by atoms with Gasteiger partial charge in [-0.25, -0.2) is 0 Å². The third-order valence-electron chi connectivity index (χ3n) is 2.13. The summed E-state index contributed by atoms with van der Waals surface area (Å²) in [6.45, 7) is 1.86. The van der Waals surface area contributed by atoms with E-state index in [1.54, 1.807) is 24.5 Å². The third kappa shape index (κ3) is 2.30. The van der Waals surface area contributed by atoms with E-state index < -0.39 is 0 Å². The Hall–Kier alpha value is -1.62. The molecule has 5 heteroatoms. The summed E-state index contributed by atoms with van der Waals surface area (Å²) in [5, 5.41) is 2.76. The number of anilines is 1. The minimum Gasteiger partial charge on any atom is -0.354 e. The van der Waals surface area contributed by atoms with Gasteiger partial charge in [-0.2, -0.15) is 0 Å². The smallest absolute Gasteiger partial charge is 0.274 e. The van der Waals surface area contributed by atoms with Crippen molar-refractivity contribution >= 4 is 27.5 Å². The number of H-pyrrole nitrogens is 1. The zero-order chi connectivity index (χ0) is 11.5. The van der Waals surface area contributed by atoms with Crippen molar-refractivity contribution in [1.82, 2.24) is 9.97 Å². The highest BCUT2D eigenvalue weighted by molar-refractivity contribution is 9.10. The van der Waals surface area contributed by atoms with Crippen LogP contribution in [0.2, 0.25) is 0 Å². The number of aryl methyl sites for hydroxylation is 1. The van der Waals surface area contributed by atoms with E-state index in [4.69, 9.17) is 0 Å². The van der Waals surface area contributed by atoms with Crippen LogP contribution in [0.5, 0.6) is 0 Å². The summed E-state index contributed by atoms with van der Waals surface area (Å²) in [5.41, 5.74) is 2.01. The van der Waals surface area contributed by atoms with Gasteiger partial charge < -0.3 is 10.3 Å². The van der Waals surface area contributed by atoms with E-state index in [0.29, 0.717) is 11.4 Å². The summed E-state index contributed by atoms with van der Waals surface area (Å²) in [4.78, 5) is 18.8. The first-order chi connectivity index (χ1) is 7.66.